The first-order valence-corrected chi connectivity index (χ1v) is 18.7. The van der Waals surface area contributed by atoms with Gasteiger partial charge >= 0.3 is 5.97 Å². The van der Waals surface area contributed by atoms with Gasteiger partial charge in [-0.05, 0) is 74.8 Å². The average Bonchev–Trinajstić information content (AvgIpc) is 3.81. The number of hydrogen-bond acceptors (Lipinski definition) is 10. The Hall–Kier alpha value is -4.43. The predicted molar refractivity (Wildman–Crippen MR) is 205 cm³/mol. The zero-order valence-corrected chi connectivity index (χ0v) is 31.8. The van der Waals surface area contributed by atoms with Crippen LogP contribution in [0.3, 0.4) is 0 Å². The van der Waals surface area contributed by atoms with E-state index in [0.717, 1.165) is 65.7 Å². The van der Waals surface area contributed by atoms with Gasteiger partial charge in [0.2, 0.25) is 7.28 Å². The number of benzene rings is 2. The lowest BCUT2D eigenvalue weighted by Crippen LogP contribution is -2.24. The third kappa shape index (κ3) is 5.67. The number of carbonyl (C=O) groups is 1. The molecule has 0 aliphatic carbocycles. The molecule has 2 atom stereocenters. The van der Waals surface area contributed by atoms with Crippen molar-refractivity contribution < 1.29 is 9.53 Å². The van der Waals surface area contributed by atoms with Crippen LogP contribution in [0.1, 0.15) is 80.0 Å². The third-order valence-corrected chi connectivity index (χ3v) is 12.5. The predicted octanol–water partition coefficient (Wildman–Crippen LogP) is 6.89. The third-order valence-electron chi connectivity index (χ3n) is 9.54. The Morgan fingerprint density at radius 1 is 0.745 bits per heavy atom. The first-order chi connectivity index (χ1) is 24.5. The summed E-state index contributed by atoms with van der Waals surface area (Å²) in [6.07, 6.45) is 0.0227. The molecule has 4 aromatic heterocycles. The summed E-state index contributed by atoms with van der Waals surface area (Å²) in [5.41, 5.74) is 7.79. The molecule has 0 radical (unpaired) electrons. The number of carbonyl (C=O) groups excluding carboxylic acids is 1. The Bertz CT molecular complexity index is 2430. The monoisotopic (exact) mass is 752 g/mol. The van der Waals surface area contributed by atoms with Gasteiger partial charge < -0.3 is 4.74 Å². The summed E-state index contributed by atoms with van der Waals surface area (Å²) < 4.78 is 10.4. The SMILES string of the molecule is COC(=O)C[C@@H]1N=C(c2ccc(Cl)cc2)c2c(sc(B[C@@H]3N=C(c4ccc(Cl)cc4)c4c(sc(C)c4C)-n4c(C)nnc43)c2C)-n2c(C)nnc21. The van der Waals surface area contributed by atoms with Gasteiger partial charge in [0.25, 0.3) is 0 Å². The van der Waals surface area contributed by atoms with E-state index in [9.17, 15) is 4.79 Å². The standard InChI is InChI=1S/C36H31BCl2N8O2S2/c1-16-18(3)50-35-27(16)30(22-9-13-24(39)14-10-22)41-31(34-45-43-20(5)47(34)35)37-32-17(2)28-29(21-7-11-23(38)12-8-21)40-25(15-26(48)49-6)33-44-42-19(4)46(33)36(28)51-32/h7-14,25,31,37H,15H2,1-6H3/t25-,31+/m0/s1. The van der Waals surface area contributed by atoms with Crippen LogP contribution in [0.15, 0.2) is 58.5 Å². The molecule has 8 rings (SSSR count). The maximum atomic E-state index is 12.6. The Balaban J connectivity index is 1.33. The molecule has 0 bridgehead atoms. The van der Waals surface area contributed by atoms with Crippen LogP contribution in [0.2, 0.25) is 10.0 Å². The molecule has 2 aliphatic rings. The first kappa shape index (κ1) is 33.7. The van der Waals surface area contributed by atoms with Crippen molar-refractivity contribution in [2.24, 2.45) is 9.98 Å². The van der Waals surface area contributed by atoms with E-state index in [1.807, 2.05) is 66.9 Å². The van der Waals surface area contributed by atoms with E-state index in [2.05, 4.69) is 40.6 Å². The minimum Gasteiger partial charge on any atom is -0.469 e. The van der Waals surface area contributed by atoms with Gasteiger partial charge in [-0.1, -0.05) is 47.5 Å². The molecule has 0 N–H and O–H groups in total. The van der Waals surface area contributed by atoms with E-state index in [0.29, 0.717) is 29.0 Å². The molecule has 0 unspecified atom stereocenters. The van der Waals surface area contributed by atoms with Crippen LogP contribution in [0.25, 0.3) is 10.0 Å². The molecule has 0 fully saturated rings. The maximum Gasteiger partial charge on any atom is 0.308 e. The number of thiophene rings is 2. The molecule has 0 saturated heterocycles. The minimum absolute atomic E-state index is 0.0227. The fourth-order valence-corrected chi connectivity index (χ4v) is 9.68. The second-order valence-corrected chi connectivity index (χ2v) is 15.8. The van der Waals surface area contributed by atoms with Crippen LogP contribution < -0.4 is 4.78 Å². The van der Waals surface area contributed by atoms with Gasteiger partial charge in [-0.2, -0.15) is 0 Å². The summed E-state index contributed by atoms with van der Waals surface area (Å²) in [6.45, 7) is 10.3. The molecular weight excluding hydrogens is 722 g/mol. The normalized spacial score (nSPS) is 16.2. The van der Waals surface area contributed by atoms with Crippen molar-refractivity contribution in [2.45, 2.75) is 53.0 Å². The van der Waals surface area contributed by atoms with Crippen LogP contribution in [-0.4, -0.2) is 61.3 Å². The van der Waals surface area contributed by atoms with Crippen molar-refractivity contribution in [2.75, 3.05) is 7.11 Å². The van der Waals surface area contributed by atoms with Crippen LogP contribution in [0.4, 0.5) is 0 Å². The Labute approximate surface area is 313 Å². The van der Waals surface area contributed by atoms with Crippen LogP contribution >= 0.6 is 45.9 Å². The molecule has 10 nitrogen and oxygen atoms in total. The summed E-state index contributed by atoms with van der Waals surface area (Å²) in [5, 5.41) is 21.6. The van der Waals surface area contributed by atoms with Crippen molar-refractivity contribution in [3.05, 3.63) is 120 Å². The topological polar surface area (TPSA) is 112 Å². The zero-order chi connectivity index (χ0) is 35.7. The summed E-state index contributed by atoms with van der Waals surface area (Å²) >= 11 is 16.1. The molecule has 256 valence electrons. The molecule has 0 saturated carbocycles. The first-order valence-electron chi connectivity index (χ1n) is 16.4. The highest BCUT2D eigenvalue weighted by molar-refractivity contribution is 7.24. The molecular formula is C36H31BCl2N8O2S2. The number of aliphatic imine (C=N–C) groups is 2. The van der Waals surface area contributed by atoms with Gasteiger partial charge in [0.1, 0.15) is 27.7 Å². The number of aromatic nitrogens is 6. The summed E-state index contributed by atoms with van der Waals surface area (Å²) in [7, 11) is 1.94. The Morgan fingerprint density at radius 3 is 1.88 bits per heavy atom. The van der Waals surface area contributed by atoms with Crippen molar-refractivity contribution in [1.29, 1.82) is 0 Å². The fraction of sp³-hybridized carbons (Fsp3) is 0.250. The van der Waals surface area contributed by atoms with Gasteiger partial charge in [0.05, 0.1) is 30.9 Å². The highest BCUT2D eigenvalue weighted by Crippen LogP contribution is 2.40. The van der Waals surface area contributed by atoms with Gasteiger partial charge in [0, 0.05) is 37.2 Å². The number of ether oxygens (including phenoxy) is 1. The Morgan fingerprint density at radius 2 is 1.27 bits per heavy atom. The maximum absolute atomic E-state index is 12.6. The smallest absolute Gasteiger partial charge is 0.308 e. The lowest BCUT2D eigenvalue weighted by atomic mass is 9.66. The van der Waals surface area contributed by atoms with E-state index in [4.69, 9.17) is 43.0 Å². The van der Waals surface area contributed by atoms with Gasteiger partial charge in [-0.15, -0.1) is 43.1 Å². The van der Waals surface area contributed by atoms with Crippen LogP contribution in [0.5, 0.6) is 0 Å². The number of nitrogens with zero attached hydrogens (tertiary/aromatic N) is 8. The van der Waals surface area contributed by atoms with Crippen LogP contribution in [0, 0.1) is 34.6 Å². The average molecular weight is 754 g/mol. The molecule has 0 amide bonds. The second kappa shape index (κ2) is 13.0. The molecule has 51 heavy (non-hydrogen) atoms. The number of aryl methyl sites for hydroxylation is 3. The molecule has 0 spiro atoms. The quantitative estimate of drug-likeness (QED) is 0.135. The number of hydrogen-bond donors (Lipinski definition) is 0. The molecule has 2 aromatic carbocycles. The van der Waals surface area contributed by atoms with E-state index in [1.165, 1.54) is 17.6 Å². The second-order valence-electron chi connectivity index (χ2n) is 12.7. The van der Waals surface area contributed by atoms with Crippen molar-refractivity contribution in [1.82, 2.24) is 29.5 Å². The molecule has 2 aliphatic heterocycles. The number of fused-ring (bicyclic) bond motifs is 6. The van der Waals surface area contributed by atoms with Crippen molar-refractivity contribution in [3.63, 3.8) is 0 Å². The number of esters is 1. The number of methoxy groups -OCH3 is 1. The van der Waals surface area contributed by atoms with Crippen molar-refractivity contribution in [3.8, 4) is 10.0 Å². The lowest BCUT2D eigenvalue weighted by molar-refractivity contribution is -0.141. The lowest BCUT2D eigenvalue weighted by Gasteiger charge is -2.13. The fourth-order valence-electron chi connectivity index (χ4n) is 6.81. The zero-order valence-electron chi connectivity index (χ0n) is 28.7. The largest absolute Gasteiger partial charge is 0.469 e. The van der Waals surface area contributed by atoms with Gasteiger partial charge in [-0.25, -0.2) is 0 Å². The molecule has 6 aromatic rings. The van der Waals surface area contributed by atoms with E-state index in [-0.39, 0.29) is 18.3 Å². The highest BCUT2D eigenvalue weighted by atomic mass is 35.5. The summed E-state index contributed by atoms with van der Waals surface area (Å²) in [4.78, 5) is 24.6. The van der Waals surface area contributed by atoms with E-state index in [1.54, 1.807) is 22.7 Å². The highest BCUT2D eigenvalue weighted by Gasteiger charge is 2.36. The van der Waals surface area contributed by atoms with Gasteiger partial charge in [-0.3, -0.25) is 23.9 Å². The number of rotatable bonds is 6. The molecule has 6 heterocycles. The van der Waals surface area contributed by atoms with Crippen molar-refractivity contribution >= 4 is 75.3 Å². The summed E-state index contributed by atoms with van der Waals surface area (Å²) in [5.74, 6) is 2.13. The van der Waals surface area contributed by atoms with Crippen LogP contribution in [-0.2, 0) is 9.53 Å². The number of halogens is 2. The Kier molecular flexibility index (Phi) is 8.57. The summed E-state index contributed by atoms with van der Waals surface area (Å²) in [6, 6.07) is 14.9. The molecule has 15 heteroatoms. The van der Waals surface area contributed by atoms with Gasteiger partial charge in [0.15, 0.2) is 11.6 Å². The van der Waals surface area contributed by atoms with E-state index < -0.39 is 6.04 Å². The van der Waals surface area contributed by atoms with E-state index >= 15 is 0 Å². The minimum atomic E-state index is -0.604.